The van der Waals surface area contributed by atoms with Crippen molar-refractivity contribution in [2.45, 2.75) is 31.3 Å². The fourth-order valence-corrected chi connectivity index (χ4v) is 3.26. The van der Waals surface area contributed by atoms with E-state index in [1.54, 1.807) is 12.3 Å². The van der Waals surface area contributed by atoms with E-state index in [2.05, 4.69) is 20.5 Å². The van der Waals surface area contributed by atoms with Gasteiger partial charge in [-0.3, -0.25) is 10.1 Å². The molecule has 2 atom stereocenters. The molecule has 2 aliphatic heterocycles. The monoisotopic (exact) mass is 260 g/mol. The largest absolute Gasteiger partial charge is 0.307 e. The molecule has 1 fully saturated rings. The fraction of sp³-hybridized carbons (Fsp3) is 0.385. The van der Waals surface area contributed by atoms with Gasteiger partial charge in [-0.25, -0.2) is 0 Å². The van der Waals surface area contributed by atoms with E-state index in [4.69, 9.17) is 11.6 Å². The van der Waals surface area contributed by atoms with Crippen molar-refractivity contribution in [3.8, 4) is 11.4 Å². The van der Waals surface area contributed by atoms with E-state index < -0.39 is 0 Å². The van der Waals surface area contributed by atoms with Gasteiger partial charge in [0.25, 0.3) is 0 Å². The van der Waals surface area contributed by atoms with Crippen molar-refractivity contribution in [1.82, 2.24) is 20.5 Å². The fourth-order valence-electron chi connectivity index (χ4n) is 3.10. The van der Waals surface area contributed by atoms with Gasteiger partial charge in [0.05, 0.1) is 5.69 Å². The number of rotatable bonds is 1. The van der Waals surface area contributed by atoms with Crippen LogP contribution in [-0.2, 0) is 6.42 Å². The van der Waals surface area contributed by atoms with Crippen LogP contribution in [0, 0.1) is 0 Å². The Kier molecular flexibility index (Phi) is 2.22. The number of hydrogen-bond donors (Lipinski definition) is 2. The lowest BCUT2D eigenvalue weighted by molar-refractivity contribution is 0.511. The van der Waals surface area contributed by atoms with Crippen LogP contribution in [0.15, 0.2) is 18.3 Å². The number of fused-ring (bicyclic) bond motifs is 4. The molecule has 18 heavy (non-hydrogen) atoms. The summed E-state index contributed by atoms with van der Waals surface area (Å²) < 4.78 is 0. The lowest BCUT2D eigenvalue weighted by Crippen LogP contribution is -2.31. The standard InChI is InChI=1S/C13H13ClN4/c14-7-3-4-15-11(5-7)13-12-9-2-1-8(16-9)6-10(12)17-18-13/h3-5,8-9,16H,1-2,6H2,(H,17,18)/t8-,9-/m0/s1. The van der Waals surface area contributed by atoms with Gasteiger partial charge in [0, 0.05) is 41.0 Å². The molecular formula is C13H13ClN4. The summed E-state index contributed by atoms with van der Waals surface area (Å²) >= 11 is 6.03. The average molecular weight is 261 g/mol. The summed E-state index contributed by atoms with van der Waals surface area (Å²) in [5, 5.41) is 11.9. The Bertz CT molecular complexity index is 607. The Morgan fingerprint density at radius 2 is 2.28 bits per heavy atom. The second-order valence-corrected chi connectivity index (χ2v) is 5.46. The van der Waals surface area contributed by atoms with E-state index in [0.717, 1.165) is 17.8 Å². The van der Waals surface area contributed by atoms with Gasteiger partial charge in [-0.1, -0.05) is 11.6 Å². The minimum atomic E-state index is 0.424. The number of H-pyrrole nitrogens is 1. The lowest BCUT2D eigenvalue weighted by Gasteiger charge is -2.21. The van der Waals surface area contributed by atoms with Crippen molar-refractivity contribution < 1.29 is 0 Å². The van der Waals surface area contributed by atoms with E-state index in [0.29, 0.717) is 17.1 Å². The average Bonchev–Trinajstić information content (AvgIpc) is 2.95. The predicted octanol–water partition coefficient (Wildman–Crippen LogP) is 2.47. The second kappa shape index (κ2) is 3.80. The van der Waals surface area contributed by atoms with Crippen molar-refractivity contribution in [3.05, 3.63) is 34.6 Å². The molecule has 0 amide bonds. The molecule has 0 aliphatic carbocycles. The zero-order valence-electron chi connectivity index (χ0n) is 9.78. The highest BCUT2D eigenvalue weighted by Gasteiger charge is 2.36. The molecule has 0 radical (unpaired) electrons. The third-order valence-corrected chi connectivity index (χ3v) is 4.12. The lowest BCUT2D eigenvalue weighted by atomic mass is 9.98. The molecule has 2 aliphatic rings. The van der Waals surface area contributed by atoms with Gasteiger partial charge in [0.2, 0.25) is 0 Å². The number of nitrogens with zero attached hydrogens (tertiary/aromatic N) is 2. The van der Waals surface area contributed by atoms with Gasteiger partial charge in [-0.05, 0) is 25.0 Å². The maximum absolute atomic E-state index is 6.03. The highest BCUT2D eigenvalue weighted by atomic mass is 35.5. The molecule has 4 rings (SSSR count). The molecule has 4 nitrogen and oxygen atoms in total. The Morgan fingerprint density at radius 3 is 3.17 bits per heavy atom. The molecule has 2 N–H and O–H groups in total. The summed E-state index contributed by atoms with van der Waals surface area (Å²) in [6.45, 7) is 0. The van der Waals surface area contributed by atoms with Crippen LogP contribution in [0.1, 0.15) is 30.1 Å². The van der Waals surface area contributed by atoms with Crippen molar-refractivity contribution in [2.24, 2.45) is 0 Å². The number of hydrogen-bond acceptors (Lipinski definition) is 3. The van der Waals surface area contributed by atoms with Crippen LogP contribution in [0.2, 0.25) is 5.02 Å². The Labute approximate surface area is 110 Å². The number of halogens is 1. The molecular weight excluding hydrogens is 248 g/mol. The summed E-state index contributed by atoms with van der Waals surface area (Å²) in [7, 11) is 0. The first-order valence-electron chi connectivity index (χ1n) is 6.26. The summed E-state index contributed by atoms with van der Waals surface area (Å²) in [6.07, 6.45) is 5.20. The minimum Gasteiger partial charge on any atom is -0.307 e. The molecule has 0 spiro atoms. The first-order valence-corrected chi connectivity index (χ1v) is 6.64. The SMILES string of the molecule is Clc1ccnc(-c2n[nH]c3c2[C@@H]2CC[C@@H](C3)N2)c1. The molecule has 2 aromatic rings. The van der Waals surface area contributed by atoms with Crippen molar-refractivity contribution in [1.29, 1.82) is 0 Å². The van der Waals surface area contributed by atoms with Crippen LogP contribution >= 0.6 is 11.6 Å². The molecule has 2 bridgehead atoms. The maximum atomic E-state index is 6.03. The zero-order chi connectivity index (χ0) is 12.1. The van der Waals surface area contributed by atoms with Gasteiger partial charge >= 0.3 is 0 Å². The van der Waals surface area contributed by atoms with E-state index in [9.17, 15) is 0 Å². The number of aromatic amines is 1. The van der Waals surface area contributed by atoms with E-state index in [1.807, 2.05) is 6.07 Å². The molecule has 4 heterocycles. The van der Waals surface area contributed by atoms with Crippen molar-refractivity contribution >= 4 is 11.6 Å². The Morgan fingerprint density at radius 1 is 1.33 bits per heavy atom. The van der Waals surface area contributed by atoms with Gasteiger partial charge < -0.3 is 5.32 Å². The van der Waals surface area contributed by atoms with Crippen LogP contribution in [0.3, 0.4) is 0 Å². The van der Waals surface area contributed by atoms with Crippen LogP contribution in [0.4, 0.5) is 0 Å². The molecule has 1 saturated heterocycles. The van der Waals surface area contributed by atoms with Gasteiger partial charge in [-0.2, -0.15) is 5.10 Å². The Balaban J connectivity index is 1.86. The quantitative estimate of drug-likeness (QED) is 0.828. The van der Waals surface area contributed by atoms with Crippen LogP contribution in [-0.4, -0.2) is 21.2 Å². The number of nitrogens with one attached hydrogen (secondary N) is 2. The smallest absolute Gasteiger partial charge is 0.116 e. The highest BCUT2D eigenvalue weighted by molar-refractivity contribution is 6.30. The van der Waals surface area contributed by atoms with E-state index in [-0.39, 0.29) is 0 Å². The number of aromatic nitrogens is 3. The van der Waals surface area contributed by atoms with E-state index >= 15 is 0 Å². The summed E-state index contributed by atoms with van der Waals surface area (Å²) in [4.78, 5) is 4.38. The topological polar surface area (TPSA) is 53.6 Å². The number of pyridine rings is 1. The normalized spacial score (nSPS) is 25.2. The second-order valence-electron chi connectivity index (χ2n) is 5.02. The molecule has 2 aromatic heterocycles. The van der Waals surface area contributed by atoms with Crippen molar-refractivity contribution in [3.63, 3.8) is 0 Å². The third-order valence-electron chi connectivity index (χ3n) is 3.89. The predicted molar refractivity (Wildman–Crippen MR) is 69.4 cm³/mol. The van der Waals surface area contributed by atoms with Crippen LogP contribution in [0.25, 0.3) is 11.4 Å². The summed E-state index contributed by atoms with van der Waals surface area (Å²) in [5.41, 5.74) is 4.36. The molecule has 92 valence electrons. The highest BCUT2D eigenvalue weighted by Crippen LogP contribution is 2.39. The molecule has 0 aromatic carbocycles. The Hall–Kier alpha value is -1.39. The third kappa shape index (κ3) is 1.49. The molecule has 0 unspecified atom stereocenters. The van der Waals surface area contributed by atoms with E-state index in [1.165, 1.54) is 24.1 Å². The first-order chi connectivity index (χ1) is 8.81. The van der Waals surface area contributed by atoms with Gasteiger partial charge in [0.15, 0.2) is 0 Å². The molecule has 5 heteroatoms. The van der Waals surface area contributed by atoms with Gasteiger partial charge in [0.1, 0.15) is 5.69 Å². The minimum absolute atomic E-state index is 0.424. The molecule has 0 saturated carbocycles. The first kappa shape index (κ1) is 10.5. The van der Waals surface area contributed by atoms with Crippen LogP contribution < -0.4 is 5.32 Å². The zero-order valence-corrected chi connectivity index (χ0v) is 10.5. The summed E-state index contributed by atoms with van der Waals surface area (Å²) in [6, 6.07) is 4.70. The van der Waals surface area contributed by atoms with Gasteiger partial charge in [-0.15, -0.1) is 0 Å². The summed E-state index contributed by atoms with van der Waals surface area (Å²) in [5.74, 6) is 0. The maximum Gasteiger partial charge on any atom is 0.116 e. The van der Waals surface area contributed by atoms with Crippen molar-refractivity contribution in [2.75, 3.05) is 0 Å². The van der Waals surface area contributed by atoms with Crippen LogP contribution in [0.5, 0.6) is 0 Å².